The topological polar surface area (TPSA) is 151 Å². The van der Waals surface area contributed by atoms with Gasteiger partial charge in [-0.15, -0.1) is 0 Å². The Balaban J connectivity index is 1.76. The number of nitrogens with one attached hydrogen (secondary N) is 3. The summed E-state index contributed by atoms with van der Waals surface area (Å²) in [6.45, 7) is 0.566. The monoisotopic (exact) mass is 363 g/mol. The highest BCUT2D eigenvalue weighted by Crippen LogP contribution is 2.34. The number of nitrogens with zero attached hydrogens (tertiary/aromatic N) is 3. The van der Waals surface area contributed by atoms with Gasteiger partial charge in [-0.05, 0) is 46.4 Å². The average molecular weight is 363 g/mol. The summed E-state index contributed by atoms with van der Waals surface area (Å²) in [5, 5.41) is 22.2. The van der Waals surface area contributed by atoms with E-state index in [1.807, 2.05) is 5.48 Å². The number of primary amides is 1. The van der Waals surface area contributed by atoms with Gasteiger partial charge < -0.3 is 16.4 Å². The Labute approximate surface area is 147 Å². The first-order valence-electron chi connectivity index (χ1n) is 7.95. The van der Waals surface area contributed by atoms with E-state index < -0.39 is 6.03 Å². The summed E-state index contributed by atoms with van der Waals surface area (Å²) in [4.78, 5) is 15.1. The SMILES string of the molecule is NC(=O)NCCNc1nonc1C(=NC1CCc2ccc(F)cc21)NO. The fourth-order valence-electron chi connectivity index (χ4n) is 2.81. The number of hydrogen-bond acceptors (Lipinski definition) is 7. The number of aliphatic imine (C=N–C) groups is 1. The van der Waals surface area contributed by atoms with E-state index in [1.54, 1.807) is 6.07 Å². The lowest BCUT2D eigenvalue weighted by molar-refractivity contribution is 0.233. The number of carbonyl (C=O) groups is 1. The fourth-order valence-corrected chi connectivity index (χ4v) is 2.81. The van der Waals surface area contributed by atoms with Gasteiger partial charge in [0.1, 0.15) is 5.82 Å². The first kappa shape index (κ1) is 17.6. The molecule has 10 nitrogen and oxygen atoms in total. The Morgan fingerprint density at radius 2 is 2.27 bits per heavy atom. The van der Waals surface area contributed by atoms with E-state index in [9.17, 15) is 14.4 Å². The molecule has 0 fully saturated rings. The Bertz CT molecular complexity index is 823. The van der Waals surface area contributed by atoms with Crippen molar-refractivity contribution in [2.75, 3.05) is 18.4 Å². The van der Waals surface area contributed by atoms with Crippen LogP contribution in [0.5, 0.6) is 0 Å². The zero-order valence-electron chi connectivity index (χ0n) is 13.7. The minimum absolute atomic E-state index is 0.0405. The van der Waals surface area contributed by atoms with E-state index in [2.05, 4.69) is 25.9 Å². The predicted octanol–water partition coefficient (Wildman–Crippen LogP) is 0.702. The van der Waals surface area contributed by atoms with Gasteiger partial charge >= 0.3 is 6.03 Å². The van der Waals surface area contributed by atoms with E-state index >= 15 is 0 Å². The molecule has 26 heavy (non-hydrogen) atoms. The van der Waals surface area contributed by atoms with Gasteiger partial charge in [0, 0.05) is 13.1 Å². The number of aromatic nitrogens is 2. The van der Waals surface area contributed by atoms with Crippen molar-refractivity contribution in [2.24, 2.45) is 10.7 Å². The molecular formula is C15H18FN7O3. The van der Waals surface area contributed by atoms with Crippen LogP contribution >= 0.6 is 0 Å². The number of fused-ring (bicyclic) bond motifs is 1. The van der Waals surface area contributed by atoms with E-state index in [1.165, 1.54) is 12.1 Å². The zero-order valence-corrected chi connectivity index (χ0v) is 13.7. The molecule has 138 valence electrons. The highest BCUT2D eigenvalue weighted by Gasteiger charge is 2.25. The van der Waals surface area contributed by atoms with Gasteiger partial charge in [0.2, 0.25) is 5.82 Å². The summed E-state index contributed by atoms with van der Waals surface area (Å²) in [6, 6.07) is 3.64. The molecule has 2 amide bonds. The number of aryl methyl sites for hydroxylation is 1. The Kier molecular flexibility index (Phi) is 5.27. The molecule has 1 aliphatic carbocycles. The molecule has 1 heterocycles. The molecule has 3 rings (SSSR count). The molecule has 1 unspecified atom stereocenters. The molecule has 0 radical (unpaired) electrons. The summed E-state index contributed by atoms with van der Waals surface area (Å²) < 4.78 is 18.2. The minimum atomic E-state index is -0.642. The number of hydrogen-bond donors (Lipinski definition) is 5. The molecule has 1 aliphatic rings. The molecule has 0 saturated carbocycles. The number of rotatable bonds is 6. The number of anilines is 1. The maximum absolute atomic E-state index is 13.5. The van der Waals surface area contributed by atoms with Crippen molar-refractivity contribution in [3.8, 4) is 0 Å². The van der Waals surface area contributed by atoms with Crippen LogP contribution in [0.3, 0.4) is 0 Å². The van der Waals surface area contributed by atoms with E-state index in [4.69, 9.17) is 10.4 Å². The third-order valence-electron chi connectivity index (χ3n) is 3.97. The third kappa shape index (κ3) is 3.88. The van der Waals surface area contributed by atoms with Crippen LogP contribution in [0.1, 0.15) is 29.3 Å². The molecule has 6 N–H and O–H groups in total. The number of amidine groups is 1. The van der Waals surface area contributed by atoms with Gasteiger partial charge in [-0.2, -0.15) is 0 Å². The normalized spacial score (nSPS) is 16.2. The van der Waals surface area contributed by atoms with Crippen molar-refractivity contribution in [2.45, 2.75) is 18.9 Å². The van der Waals surface area contributed by atoms with Crippen LogP contribution in [0.15, 0.2) is 27.8 Å². The molecule has 0 spiro atoms. The predicted molar refractivity (Wildman–Crippen MR) is 89.3 cm³/mol. The first-order valence-corrected chi connectivity index (χ1v) is 7.95. The molecule has 0 saturated heterocycles. The van der Waals surface area contributed by atoms with Gasteiger partial charge in [-0.1, -0.05) is 6.07 Å². The molecule has 1 aromatic heterocycles. The van der Waals surface area contributed by atoms with Gasteiger partial charge in [-0.3, -0.25) is 15.7 Å². The molecule has 11 heteroatoms. The van der Waals surface area contributed by atoms with Crippen molar-refractivity contribution in [1.29, 1.82) is 0 Å². The maximum Gasteiger partial charge on any atom is 0.312 e. The average Bonchev–Trinajstić information content (AvgIpc) is 3.23. The smallest absolute Gasteiger partial charge is 0.312 e. The first-order chi connectivity index (χ1) is 12.6. The number of halogens is 1. The van der Waals surface area contributed by atoms with Gasteiger partial charge in [0.25, 0.3) is 0 Å². The van der Waals surface area contributed by atoms with Crippen LogP contribution in [0.4, 0.5) is 15.0 Å². The van der Waals surface area contributed by atoms with Gasteiger partial charge in [0.15, 0.2) is 11.5 Å². The van der Waals surface area contributed by atoms with E-state index in [0.29, 0.717) is 13.0 Å². The molecular weight excluding hydrogens is 345 g/mol. The van der Waals surface area contributed by atoms with Crippen molar-refractivity contribution in [3.05, 3.63) is 40.8 Å². The minimum Gasteiger partial charge on any atom is -0.363 e. The number of amides is 2. The number of urea groups is 1. The highest BCUT2D eigenvalue weighted by molar-refractivity contribution is 6.00. The van der Waals surface area contributed by atoms with Crippen molar-refractivity contribution in [3.63, 3.8) is 0 Å². The summed E-state index contributed by atoms with van der Waals surface area (Å²) in [6.07, 6.45) is 1.45. The zero-order chi connectivity index (χ0) is 18.5. The number of nitrogens with two attached hydrogens (primary N) is 1. The second-order valence-corrected chi connectivity index (χ2v) is 5.67. The van der Waals surface area contributed by atoms with E-state index in [0.717, 1.165) is 17.5 Å². The van der Waals surface area contributed by atoms with Crippen LogP contribution in [-0.2, 0) is 6.42 Å². The van der Waals surface area contributed by atoms with Crippen molar-refractivity contribution in [1.82, 2.24) is 21.1 Å². The quantitative estimate of drug-likeness (QED) is 0.219. The van der Waals surface area contributed by atoms with Gasteiger partial charge in [0.05, 0.1) is 6.04 Å². The summed E-state index contributed by atoms with van der Waals surface area (Å²) >= 11 is 0. The van der Waals surface area contributed by atoms with Crippen molar-refractivity contribution >= 4 is 17.7 Å². The lowest BCUT2D eigenvalue weighted by Crippen LogP contribution is -2.33. The third-order valence-corrected chi connectivity index (χ3v) is 3.97. The molecule has 1 aromatic carbocycles. The fraction of sp³-hybridized carbons (Fsp3) is 0.333. The van der Waals surface area contributed by atoms with Crippen LogP contribution in [-0.4, -0.2) is 40.5 Å². The summed E-state index contributed by atoms with van der Waals surface area (Å²) in [5.41, 5.74) is 8.93. The van der Waals surface area contributed by atoms with Crippen LogP contribution in [0.25, 0.3) is 0 Å². The largest absolute Gasteiger partial charge is 0.363 e. The lowest BCUT2D eigenvalue weighted by atomic mass is 10.1. The standard InChI is InChI=1S/C15H18FN7O3/c16-9-3-1-8-2-4-11(10(8)7-9)20-14(21-25)12-13(23-26-22-12)18-5-6-19-15(17)24/h1,3,7,11,25H,2,4-6H2,(H,18,23)(H,20,21)(H3,17,19,24). The molecule has 0 aliphatic heterocycles. The van der Waals surface area contributed by atoms with Crippen molar-refractivity contribution < 1.29 is 19.0 Å². The molecule has 1 atom stereocenters. The Morgan fingerprint density at radius 3 is 3.04 bits per heavy atom. The van der Waals surface area contributed by atoms with E-state index in [-0.39, 0.29) is 35.8 Å². The maximum atomic E-state index is 13.5. The summed E-state index contributed by atoms with van der Waals surface area (Å²) in [7, 11) is 0. The van der Waals surface area contributed by atoms with Crippen LogP contribution < -0.4 is 21.8 Å². The lowest BCUT2D eigenvalue weighted by Gasteiger charge is -2.10. The molecule has 2 aromatic rings. The Hall–Kier alpha value is -3.21. The second kappa shape index (κ2) is 7.78. The van der Waals surface area contributed by atoms with Gasteiger partial charge in [-0.25, -0.2) is 13.8 Å². The number of hydroxylamine groups is 1. The number of carbonyl (C=O) groups excluding carboxylic acids is 1. The van der Waals surface area contributed by atoms with Crippen LogP contribution in [0.2, 0.25) is 0 Å². The molecule has 0 bridgehead atoms. The second-order valence-electron chi connectivity index (χ2n) is 5.67. The summed E-state index contributed by atoms with van der Waals surface area (Å²) in [5.74, 6) is -0.0653. The number of benzene rings is 1. The van der Waals surface area contributed by atoms with Crippen LogP contribution in [0, 0.1) is 5.82 Å². The highest BCUT2D eigenvalue weighted by atomic mass is 19.1. The Morgan fingerprint density at radius 1 is 1.42 bits per heavy atom.